The van der Waals surface area contributed by atoms with Gasteiger partial charge in [0.25, 0.3) is 0 Å². The molecule has 3 N–H and O–H groups in total. The van der Waals surface area contributed by atoms with Crippen LogP contribution in [0.1, 0.15) is 39.5 Å². The molecule has 7 heteroatoms. The van der Waals surface area contributed by atoms with E-state index < -0.39 is 0 Å². The topological polar surface area (TPSA) is 63.1 Å². The highest BCUT2D eigenvalue weighted by molar-refractivity contribution is 14.0. The number of aliphatic hydroxyl groups is 1. The van der Waals surface area contributed by atoms with Gasteiger partial charge in [0.15, 0.2) is 5.96 Å². The maximum absolute atomic E-state index is 9.58. The van der Waals surface area contributed by atoms with Gasteiger partial charge in [-0.15, -0.1) is 24.0 Å². The zero-order valence-corrected chi connectivity index (χ0v) is 20.5. The highest BCUT2D eigenvalue weighted by atomic mass is 127. The molecule has 0 aromatic heterocycles. The monoisotopic (exact) mass is 517 g/mol. The Balaban J connectivity index is 0.00000420. The first-order chi connectivity index (χ1) is 13.7. The molecular weight excluding hydrogens is 477 g/mol. The lowest BCUT2D eigenvalue weighted by molar-refractivity contribution is 0.0823. The lowest BCUT2D eigenvalue weighted by Gasteiger charge is -2.29. The zero-order chi connectivity index (χ0) is 20.0. The Bertz CT molecular complexity index is 549. The van der Waals surface area contributed by atoms with Gasteiger partial charge in [-0.05, 0) is 58.2 Å². The summed E-state index contributed by atoms with van der Waals surface area (Å²) in [6.07, 6.45) is 3.87. The molecule has 0 aliphatic carbocycles. The highest BCUT2D eigenvalue weighted by Crippen LogP contribution is 2.13. The predicted octanol–water partition coefficient (Wildman–Crippen LogP) is 2.92. The largest absolute Gasteiger partial charge is 0.393 e. The lowest BCUT2D eigenvalue weighted by atomic mass is 10.1. The van der Waals surface area contributed by atoms with Crippen molar-refractivity contribution in [3.05, 3.63) is 30.3 Å². The summed E-state index contributed by atoms with van der Waals surface area (Å²) in [5.74, 6) is 0.916. The number of nitrogens with one attached hydrogen (secondary N) is 2. The molecule has 1 aromatic rings. The molecule has 1 aliphatic heterocycles. The summed E-state index contributed by atoms with van der Waals surface area (Å²) < 4.78 is 0. The number of guanidine groups is 1. The second-order valence-electron chi connectivity index (χ2n) is 7.38. The summed E-state index contributed by atoms with van der Waals surface area (Å²) >= 11 is 0. The molecule has 166 valence electrons. The van der Waals surface area contributed by atoms with Crippen LogP contribution in [0.5, 0.6) is 0 Å². The second-order valence-corrected chi connectivity index (χ2v) is 7.38. The second kappa shape index (κ2) is 15.7. The van der Waals surface area contributed by atoms with E-state index in [1.54, 1.807) is 0 Å². The molecule has 0 unspecified atom stereocenters. The number of likely N-dealkylation sites (tertiary alicyclic amines) is 1. The number of aliphatic hydroxyl groups excluding tert-OH is 1. The van der Waals surface area contributed by atoms with Crippen LogP contribution in [-0.2, 0) is 0 Å². The Morgan fingerprint density at radius 3 is 2.52 bits per heavy atom. The van der Waals surface area contributed by atoms with Gasteiger partial charge >= 0.3 is 0 Å². The van der Waals surface area contributed by atoms with Gasteiger partial charge in [-0.1, -0.05) is 18.2 Å². The molecule has 6 nitrogen and oxygen atoms in total. The molecule has 1 aromatic carbocycles. The minimum Gasteiger partial charge on any atom is -0.393 e. The highest BCUT2D eigenvalue weighted by Gasteiger charge is 2.16. The molecule has 0 spiro atoms. The fourth-order valence-corrected chi connectivity index (χ4v) is 3.56. The van der Waals surface area contributed by atoms with Crippen molar-refractivity contribution in [2.24, 2.45) is 4.99 Å². The summed E-state index contributed by atoms with van der Waals surface area (Å²) in [5.41, 5.74) is 1.28. The van der Waals surface area contributed by atoms with Crippen molar-refractivity contribution < 1.29 is 5.11 Å². The smallest absolute Gasteiger partial charge is 0.191 e. The number of nitrogens with zero attached hydrogens (tertiary/aromatic N) is 3. The normalized spacial score (nSPS) is 15.6. The molecule has 0 atom stereocenters. The summed E-state index contributed by atoms with van der Waals surface area (Å²) in [4.78, 5) is 9.57. The first kappa shape index (κ1) is 26.0. The lowest BCUT2D eigenvalue weighted by Crippen LogP contribution is -2.40. The average Bonchev–Trinajstić information content (AvgIpc) is 2.73. The fraction of sp³-hybridized carbons (Fsp3) is 0.682. The molecule has 0 amide bonds. The third-order valence-electron chi connectivity index (χ3n) is 5.20. The van der Waals surface area contributed by atoms with Crippen molar-refractivity contribution in [3.63, 3.8) is 0 Å². The summed E-state index contributed by atoms with van der Waals surface area (Å²) in [6, 6.07) is 10.6. The van der Waals surface area contributed by atoms with Gasteiger partial charge in [0.2, 0.25) is 0 Å². The molecular formula is C22H40IN5O. The number of halogens is 1. The summed E-state index contributed by atoms with van der Waals surface area (Å²) in [5, 5.41) is 16.4. The molecule has 1 aliphatic rings. The number of aliphatic imine (C=N–C) groups is 1. The van der Waals surface area contributed by atoms with Gasteiger partial charge in [-0.3, -0.25) is 4.99 Å². The van der Waals surface area contributed by atoms with Crippen LogP contribution in [-0.4, -0.2) is 74.4 Å². The van der Waals surface area contributed by atoms with Crippen molar-refractivity contribution in [2.45, 2.75) is 45.6 Å². The van der Waals surface area contributed by atoms with Crippen LogP contribution < -0.4 is 15.5 Å². The Kier molecular flexibility index (Phi) is 14.1. The van der Waals surface area contributed by atoms with Crippen molar-refractivity contribution in [1.82, 2.24) is 15.5 Å². The van der Waals surface area contributed by atoms with Crippen LogP contribution in [0, 0.1) is 0 Å². The van der Waals surface area contributed by atoms with E-state index in [9.17, 15) is 5.11 Å². The molecule has 1 fully saturated rings. The van der Waals surface area contributed by atoms with Crippen LogP contribution in [0.15, 0.2) is 35.3 Å². The minimum atomic E-state index is -0.0904. The molecule has 0 bridgehead atoms. The number of piperidine rings is 1. The van der Waals surface area contributed by atoms with E-state index in [2.05, 4.69) is 64.6 Å². The molecule has 1 saturated heterocycles. The molecule has 29 heavy (non-hydrogen) atoms. The van der Waals surface area contributed by atoms with Gasteiger partial charge < -0.3 is 25.5 Å². The first-order valence-corrected chi connectivity index (χ1v) is 11.0. The summed E-state index contributed by atoms with van der Waals surface area (Å²) in [6.45, 7) is 12.1. The number of anilines is 1. The predicted molar refractivity (Wildman–Crippen MR) is 135 cm³/mol. The Labute approximate surface area is 194 Å². The standard InChI is InChI=1S/C22H39N5O.HI/c1-3-23-22(24-14-8-16-26-18-12-21(28)13-19-26)25-15-9-17-27(4-2)20-10-6-5-7-11-20;/h5-7,10-11,21,28H,3-4,8-9,12-19H2,1-2H3,(H2,23,24,25);1H. The van der Waals surface area contributed by atoms with Crippen LogP contribution in [0.25, 0.3) is 0 Å². The Morgan fingerprint density at radius 2 is 1.86 bits per heavy atom. The van der Waals surface area contributed by atoms with Gasteiger partial charge in [0.1, 0.15) is 0 Å². The van der Waals surface area contributed by atoms with Crippen LogP contribution in [0.4, 0.5) is 5.69 Å². The van der Waals surface area contributed by atoms with E-state index in [0.29, 0.717) is 0 Å². The number of para-hydroxylation sites is 1. The average molecular weight is 518 g/mol. The van der Waals surface area contributed by atoms with E-state index in [4.69, 9.17) is 4.99 Å². The van der Waals surface area contributed by atoms with Crippen LogP contribution >= 0.6 is 24.0 Å². The zero-order valence-electron chi connectivity index (χ0n) is 18.1. The van der Waals surface area contributed by atoms with E-state index in [1.165, 1.54) is 5.69 Å². The third-order valence-corrected chi connectivity index (χ3v) is 5.20. The molecule has 1 heterocycles. The van der Waals surface area contributed by atoms with Crippen molar-refractivity contribution in [3.8, 4) is 0 Å². The van der Waals surface area contributed by atoms with Crippen LogP contribution in [0.2, 0.25) is 0 Å². The van der Waals surface area contributed by atoms with E-state index in [0.717, 1.165) is 84.0 Å². The maximum Gasteiger partial charge on any atom is 0.191 e. The van der Waals surface area contributed by atoms with Gasteiger partial charge in [-0.2, -0.15) is 0 Å². The first-order valence-electron chi connectivity index (χ1n) is 11.0. The number of hydrogen-bond donors (Lipinski definition) is 3. The van der Waals surface area contributed by atoms with E-state index in [1.807, 2.05) is 0 Å². The summed E-state index contributed by atoms with van der Waals surface area (Å²) in [7, 11) is 0. The van der Waals surface area contributed by atoms with Gasteiger partial charge in [0.05, 0.1) is 6.10 Å². The number of hydrogen-bond acceptors (Lipinski definition) is 4. The molecule has 0 saturated carbocycles. The van der Waals surface area contributed by atoms with Gasteiger partial charge in [-0.25, -0.2) is 0 Å². The fourth-order valence-electron chi connectivity index (χ4n) is 3.56. The van der Waals surface area contributed by atoms with E-state index >= 15 is 0 Å². The number of rotatable bonds is 11. The quantitative estimate of drug-likeness (QED) is 0.182. The molecule has 2 rings (SSSR count). The Morgan fingerprint density at radius 1 is 1.14 bits per heavy atom. The van der Waals surface area contributed by atoms with E-state index in [-0.39, 0.29) is 30.1 Å². The third kappa shape index (κ3) is 10.5. The SMILES string of the molecule is CCNC(=NCCCN(CC)c1ccccc1)NCCCN1CCC(O)CC1.I. The number of benzene rings is 1. The van der Waals surface area contributed by atoms with Crippen molar-refractivity contribution >= 4 is 35.6 Å². The molecule has 0 radical (unpaired) electrons. The minimum absolute atomic E-state index is 0. The van der Waals surface area contributed by atoms with Crippen molar-refractivity contribution in [2.75, 3.05) is 57.3 Å². The maximum atomic E-state index is 9.58. The van der Waals surface area contributed by atoms with Crippen LogP contribution in [0.3, 0.4) is 0 Å². The Hall–Kier alpha value is -1.06. The van der Waals surface area contributed by atoms with Crippen molar-refractivity contribution in [1.29, 1.82) is 0 Å². The van der Waals surface area contributed by atoms with Gasteiger partial charge in [0, 0.05) is 51.5 Å².